The van der Waals surface area contributed by atoms with E-state index in [1.807, 2.05) is 0 Å². The molecule has 1 aliphatic heterocycles. The van der Waals surface area contributed by atoms with Crippen molar-refractivity contribution in [1.29, 1.82) is 0 Å². The fourth-order valence-electron chi connectivity index (χ4n) is 3.61. The number of carbonyl (C=O) groups is 3. The molecule has 0 aromatic carbocycles. The van der Waals surface area contributed by atoms with Crippen molar-refractivity contribution >= 4 is 34.3 Å². The maximum atomic E-state index is 12.5. The monoisotopic (exact) mass is 393 g/mol. The number of nitrogen functional groups attached to an aromatic ring is 1. The molecule has 3 rings (SSSR count). The molecule has 2 aromatic rings. The van der Waals surface area contributed by atoms with Gasteiger partial charge in [-0.15, -0.1) is 0 Å². The van der Waals surface area contributed by atoms with E-state index in [2.05, 4.69) is 15.0 Å². The molecule has 12 heteroatoms. The average molecular weight is 393 g/mol. The van der Waals surface area contributed by atoms with E-state index >= 15 is 0 Å². The lowest BCUT2D eigenvalue weighted by atomic mass is 9.71. The van der Waals surface area contributed by atoms with E-state index < -0.39 is 47.0 Å². The smallest absolute Gasteiger partial charge is 0.199 e. The largest absolute Gasteiger partial charge is 0.385 e. The summed E-state index contributed by atoms with van der Waals surface area (Å²) in [4.78, 5) is 48.4. The van der Waals surface area contributed by atoms with Gasteiger partial charge in [0.1, 0.15) is 17.9 Å². The molecule has 5 N–H and O–H groups in total. The number of hydrogen-bond acceptors (Lipinski definition) is 11. The van der Waals surface area contributed by atoms with Crippen molar-refractivity contribution in [2.24, 2.45) is 0 Å². The molecular formula is C16H19N5O7. The Morgan fingerprint density at radius 3 is 2.39 bits per heavy atom. The molecule has 12 nitrogen and oxygen atoms in total. The van der Waals surface area contributed by atoms with E-state index in [-0.39, 0.29) is 17.0 Å². The highest BCUT2D eigenvalue weighted by Crippen LogP contribution is 2.48. The van der Waals surface area contributed by atoms with Crippen LogP contribution in [0.3, 0.4) is 0 Å². The van der Waals surface area contributed by atoms with Crippen LogP contribution in [0.25, 0.3) is 11.2 Å². The molecule has 5 atom stereocenters. The van der Waals surface area contributed by atoms with E-state index in [4.69, 9.17) is 10.5 Å². The first-order valence-electron chi connectivity index (χ1n) is 8.22. The van der Waals surface area contributed by atoms with E-state index in [0.29, 0.717) is 0 Å². The van der Waals surface area contributed by atoms with Gasteiger partial charge in [-0.1, -0.05) is 0 Å². The minimum Gasteiger partial charge on any atom is -0.385 e. The van der Waals surface area contributed by atoms with Crippen molar-refractivity contribution in [2.75, 3.05) is 5.73 Å². The summed E-state index contributed by atoms with van der Waals surface area (Å²) in [5.41, 5.74) is 0.309. The molecule has 0 radical (unpaired) electrons. The Bertz CT molecular complexity index is 991. The summed E-state index contributed by atoms with van der Waals surface area (Å²) in [6.45, 7) is 2.80. The third-order valence-electron chi connectivity index (χ3n) is 5.06. The Labute approximate surface area is 158 Å². The van der Waals surface area contributed by atoms with Crippen LogP contribution in [0, 0.1) is 0 Å². The quantitative estimate of drug-likeness (QED) is 0.435. The lowest BCUT2D eigenvalue weighted by Crippen LogP contribution is -2.70. The number of rotatable bonds is 5. The average Bonchev–Trinajstić information content (AvgIpc) is 3.15. The molecule has 0 saturated carbocycles. The normalized spacial score (nSPS) is 31.1. The molecule has 0 amide bonds. The zero-order chi connectivity index (χ0) is 21.0. The minimum absolute atomic E-state index is 0.0275. The number of aromatic nitrogens is 4. The SMILES string of the molecule is CC(=O)C(O)[C@@]1(C(C)=O)O[C@@H](n2cnc3c(N)ncnc32)[C@H](O)[C@@]1(O)C(C)=O. The van der Waals surface area contributed by atoms with Gasteiger partial charge in [-0.2, -0.15) is 0 Å². The van der Waals surface area contributed by atoms with Gasteiger partial charge in [-0.05, 0) is 20.8 Å². The first-order valence-corrected chi connectivity index (χ1v) is 8.22. The van der Waals surface area contributed by atoms with Crippen molar-refractivity contribution < 1.29 is 34.4 Å². The van der Waals surface area contributed by atoms with Crippen molar-refractivity contribution in [3.63, 3.8) is 0 Å². The summed E-state index contributed by atoms with van der Waals surface area (Å²) in [6.07, 6.45) is -3.58. The Kier molecular flexibility index (Phi) is 4.54. The summed E-state index contributed by atoms with van der Waals surface area (Å²) in [5, 5.41) is 32.3. The summed E-state index contributed by atoms with van der Waals surface area (Å²) in [6, 6.07) is 0. The Hall–Kier alpha value is -2.80. The second-order valence-corrected chi connectivity index (χ2v) is 6.66. The molecule has 0 spiro atoms. The van der Waals surface area contributed by atoms with Gasteiger partial charge in [-0.25, -0.2) is 15.0 Å². The van der Waals surface area contributed by atoms with Gasteiger partial charge in [-0.3, -0.25) is 19.0 Å². The van der Waals surface area contributed by atoms with Crippen LogP contribution in [0.4, 0.5) is 5.82 Å². The molecule has 0 bridgehead atoms. The third kappa shape index (κ3) is 2.32. The fourth-order valence-corrected chi connectivity index (χ4v) is 3.61. The first kappa shape index (κ1) is 19.9. The number of ketones is 3. The van der Waals surface area contributed by atoms with Crippen molar-refractivity contribution in [3.8, 4) is 0 Å². The number of nitrogens with zero attached hydrogens (tertiary/aromatic N) is 4. The fraction of sp³-hybridized carbons (Fsp3) is 0.500. The van der Waals surface area contributed by atoms with Gasteiger partial charge in [0.15, 0.2) is 52.3 Å². The van der Waals surface area contributed by atoms with Gasteiger partial charge in [0.05, 0.1) is 6.33 Å². The van der Waals surface area contributed by atoms with Crippen LogP contribution in [0.5, 0.6) is 0 Å². The lowest BCUT2D eigenvalue weighted by molar-refractivity contribution is -0.201. The molecule has 1 saturated heterocycles. The molecular weight excluding hydrogens is 374 g/mol. The second kappa shape index (κ2) is 6.38. The molecule has 0 aliphatic carbocycles. The number of aliphatic hydroxyl groups is 3. The van der Waals surface area contributed by atoms with Gasteiger partial charge in [0.25, 0.3) is 0 Å². The summed E-state index contributed by atoms with van der Waals surface area (Å²) >= 11 is 0. The van der Waals surface area contributed by atoms with Gasteiger partial charge >= 0.3 is 0 Å². The van der Waals surface area contributed by atoms with E-state index in [0.717, 1.165) is 38.0 Å². The number of nitrogens with two attached hydrogens (primary N) is 1. The summed E-state index contributed by atoms with van der Waals surface area (Å²) < 4.78 is 6.72. The van der Waals surface area contributed by atoms with Crippen LogP contribution in [-0.4, -0.2) is 75.6 Å². The number of anilines is 1. The Morgan fingerprint density at radius 2 is 1.86 bits per heavy atom. The molecule has 1 unspecified atom stereocenters. The Morgan fingerprint density at radius 1 is 1.21 bits per heavy atom. The lowest BCUT2D eigenvalue weighted by Gasteiger charge is -2.39. The topological polar surface area (TPSA) is 191 Å². The zero-order valence-electron chi connectivity index (χ0n) is 15.2. The summed E-state index contributed by atoms with van der Waals surface area (Å²) in [5.74, 6) is -3.01. The zero-order valence-corrected chi connectivity index (χ0v) is 15.2. The predicted octanol–water partition coefficient (Wildman–Crippen LogP) is -2.10. The molecule has 3 heterocycles. The maximum Gasteiger partial charge on any atom is 0.199 e. The number of hydrogen-bond donors (Lipinski definition) is 4. The van der Waals surface area contributed by atoms with Gasteiger partial charge in [0, 0.05) is 0 Å². The number of carbonyl (C=O) groups excluding carboxylic acids is 3. The van der Waals surface area contributed by atoms with Crippen LogP contribution in [0.15, 0.2) is 12.7 Å². The molecule has 2 aromatic heterocycles. The highest BCUT2D eigenvalue weighted by molar-refractivity contribution is 6.03. The van der Waals surface area contributed by atoms with Gasteiger partial charge < -0.3 is 25.8 Å². The predicted molar refractivity (Wildman–Crippen MR) is 91.6 cm³/mol. The van der Waals surface area contributed by atoms with Crippen LogP contribution >= 0.6 is 0 Å². The second-order valence-electron chi connectivity index (χ2n) is 6.66. The highest BCUT2D eigenvalue weighted by atomic mass is 16.6. The standard InChI is InChI=1S/C16H19N5O7/c1-6(22)10(25)16(8(3)24)15(27,7(2)23)11(26)14(28-16)21-5-20-9-12(17)18-4-19-13(9)21/h4-5,10-11,14,25-27H,1-3H3,(H2,17,18,19)/t10?,11-,14+,15-,16+/m0/s1. The number of Topliss-reactive ketones (excluding diaryl/α,β-unsaturated/α-hetero) is 3. The molecule has 1 aliphatic rings. The van der Waals surface area contributed by atoms with Crippen molar-refractivity contribution in [1.82, 2.24) is 19.5 Å². The van der Waals surface area contributed by atoms with Crippen LogP contribution < -0.4 is 5.73 Å². The maximum absolute atomic E-state index is 12.5. The highest BCUT2D eigenvalue weighted by Gasteiger charge is 2.74. The van der Waals surface area contributed by atoms with Crippen LogP contribution in [-0.2, 0) is 19.1 Å². The minimum atomic E-state index is -2.91. The van der Waals surface area contributed by atoms with Crippen molar-refractivity contribution in [2.45, 2.75) is 50.4 Å². The van der Waals surface area contributed by atoms with E-state index in [9.17, 15) is 29.7 Å². The molecule has 1 fully saturated rings. The molecule has 150 valence electrons. The van der Waals surface area contributed by atoms with Crippen LogP contribution in [0.2, 0.25) is 0 Å². The van der Waals surface area contributed by atoms with E-state index in [1.54, 1.807) is 0 Å². The van der Waals surface area contributed by atoms with Crippen LogP contribution in [0.1, 0.15) is 27.0 Å². The number of aliphatic hydroxyl groups excluding tert-OH is 2. The number of imidazole rings is 1. The third-order valence-corrected chi connectivity index (χ3v) is 5.06. The molecule has 28 heavy (non-hydrogen) atoms. The van der Waals surface area contributed by atoms with Gasteiger partial charge in [0.2, 0.25) is 0 Å². The van der Waals surface area contributed by atoms with E-state index in [1.165, 1.54) is 0 Å². The number of fused-ring (bicyclic) bond motifs is 1. The summed E-state index contributed by atoms with van der Waals surface area (Å²) in [7, 11) is 0. The Balaban J connectivity index is 2.26. The first-order chi connectivity index (χ1) is 13.0. The number of ether oxygens (including phenoxy) is 1. The van der Waals surface area contributed by atoms with Crippen molar-refractivity contribution in [3.05, 3.63) is 12.7 Å².